The first-order valence-corrected chi connectivity index (χ1v) is 12.2. The first-order chi connectivity index (χ1) is 14.3. The van der Waals surface area contributed by atoms with Crippen LogP contribution in [0.5, 0.6) is 0 Å². The fourth-order valence-electron chi connectivity index (χ4n) is 3.99. The number of benzene rings is 1. The van der Waals surface area contributed by atoms with Crippen molar-refractivity contribution in [2.75, 3.05) is 50.7 Å². The van der Waals surface area contributed by atoms with Crippen LogP contribution < -0.4 is 4.90 Å². The Morgan fingerprint density at radius 1 is 1.17 bits per heavy atom. The Bertz CT molecular complexity index is 916. The summed E-state index contributed by atoms with van der Waals surface area (Å²) in [6, 6.07) is 8.88. The molecule has 0 atom stereocenters. The van der Waals surface area contributed by atoms with E-state index < -0.39 is 0 Å². The molecule has 0 spiro atoms. The Labute approximate surface area is 180 Å². The second-order valence-electron chi connectivity index (χ2n) is 7.40. The van der Waals surface area contributed by atoms with Gasteiger partial charge in [-0.25, -0.2) is 4.98 Å². The number of thiophene rings is 1. The van der Waals surface area contributed by atoms with Gasteiger partial charge in [0.2, 0.25) is 0 Å². The van der Waals surface area contributed by atoms with Gasteiger partial charge in [-0.2, -0.15) is 0 Å². The van der Waals surface area contributed by atoms with E-state index in [1.165, 1.54) is 27.1 Å². The average molecular weight is 429 g/mol. The molecule has 1 saturated heterocycles. The third-order valence-electron chi connectivity index (χ3n) is 5.66. The average Bonchev–Trinajstić information content (AvgIpc) is 3.45. The number of hydrogen-bond acceptors (Lipinski definition) is 6. The van der Waals surface area contributed by atoms with Crippen molar-refractivity contribution in [2.24, 2.45) is 0 Å². The number of carbonyl (C=O) groups excluding carboxylic acids is 1. The molecule has 0 aliphatic carbocycles. The van der Waals surface area contributed by atoms with E-state index in [1.54, 1.807) is 5.51 Å². The van der Waals surface area contributed by atoms with Gasteiger partial charge < -0.3 is 9.80 Å². The number of anilines is 1. The molecule has 154 valence electrons. The third kappa shape index (κ3) is 4.79. The lowest BCUT2D eigenvalue weighted by Gasteiger charge is -2.36. The van der Waals surface area contributed by atoms with Gasteiger partial charge in [-0.1, -0.05) is 6.07 Å². The van der Waals surface area contributed by atoms with Crippen molar-refractivity contribution >= 4 is 44.4 Å². The molecule has 29 heavy (non-hydrogen) atoms. The topological polar surface area (TPSA) is 39.7 Å². The fraction of sp³-hybridized carbons (Fsp3) is 0.455. The zero-order chi connectivity index (χ0) is 20.1. The number of hydrogen-bond donors (Lipinski definition) is 0. The van der Waals surface area contributed by atoms with Gasteiger partial charge in [0.1, 0.15) is 5.69 Å². The van der Waals surface area contributed by atoms with Crippen LogP contribution in [0.15, 0.2) is 40.5 Å². The van der Waals surface area contributed by atoms with Gasteiger partial charge in [-0.15, -0.1) is 22.7 Å². The molecule has 1 fully saturated rings. The van der Waals surface area contributed by atoms with Crippen LogP contribution in [0.25, 0.3) is 10.1 Å². The lowest BCUT2D eigenvalue weighted by Crippen LogP contribution is -2.46. The molecule has 3 aromatic rings. The van der Waals surface area contributed by atoms with Gasteiger partial charge in [0.15, 0.2) is 0 Å². The smallest absolute Gasteiger partial charge is 0.273 e. The summed E-state index contributed by atoms with van der Waals surface area (Å²) in [4.78, 5) is 23.6. The molecular formula is C22H28N4OS2. The molecule has 1 aliphatic rings. The maximum Gasteiger partial charge on any atom is 0.273 e. The molecule has 1 aliphatic heterocycles. The quantitative estimate of drug-likeness (QED) is 0.498. The first-order valence-electron chi connectivity index (χ1n) is 10.4. The highest BCUT2D eigenvalue weighted by Crippen LogP contribution is 2.31. The van der Waals surface area contributed by atoms with Crippen molar-refractivity contribution in [3.05, 3.63) is 46.2 Å². The van der Waals surface area contributed by atoms with E-state index in [9.17, 15) is 4.79 Å². The van der Waals surface area contributed by atoms with Crippen LogP contribution in [0.1, 0.15) is 30.3 Å². The van der Waals surface area contributed by atoms with Crippen LogP contribution in [-0.2, 0) is 0 Å². The molecule has 0 saturated carbocycles. The molecule has 7 heteroatoms. The fourth-order valence-corrected chi connectivity index (χ4v) is 5.32. The van der Waals surface area contributed by atoms with E-state index in [0.717, 1.165) is 58.7 Å². The van der Waals surface area contributed by atoms with Crippen molar-refractivity contribution in [1.29, 1.82) is 0 Å². The normalized spacial score (nSPS) is 15.1. The highest BCUT2D eigenvalue weighted by Gasteiger charge is 2.19. The number of unbranched alkanes of at least 4 members (excludes halogenated alkanes) is 1. The van der Waals surface area contributed by atoms with E-state index in [2.05, 4.69) is 44.4 Å². The largest absolute Gasteiger partial charge is 0.368 e. The van der Waals surface area contributed by atoms with E-state index in [-0.39, 0.29) is 5.91 Å². The second-order valence-corrected chi connectivity index (χ2v) is 9.07. The van der Waals surface area contributed by atoms with Crippen molar-refractivity contribution in [3.8, 4) is 0 Å². The Balaban J connectivity index is 1.20. The molecular weight excluding hydrogens is 400 g/mol. The van der Waals surface area contributed by atoms with Crippen molar-refractivity contribution in [3.63, 3.8) is 0 Å². The number of piperazine rings is 1. The van der Waals surface area contributed by atoms with Crippen LogP contribution in [-0.4, -0.2) is 66.5 Å². The van der Waals surface area contributed by atoms with Gasteiger partial charge >= 0.3 is 0 Å². The minimum atomic E-state index is 0.0602. The van der Waals surface area contributed by atoms with Gasteiger partial charge in [-0.3, -0.25) is 9.69 Å². The standard InChI is InChI=1S/C22H28N4OS2/c1-2-25(22(27)19-16-28-17-23-19)10-4-3-9-24-11-13-26(14-12-24)20-6-5-7-21-18(20)8-15-29-21/h5-8,15-17H,2-4,9-14H2,1H3. The summed E-state index contributed by atoms with van der Waals surface area (Å²) in [6.07, 6.45) is 2.17. The number of nitrogens with zero attached hydrogens (tertiary/aromatic N) is 4. The summed E-state index contributed by atoms with van der Waals surface area (Å²) in [5.74, 6) is 0.0602. The summed E-state index contributed by atoms with van der Waals surface area (Å²) in [5.41, 5.74) is 3.68. The number of thiazole rings is 1. The Morgan fingerprint density at radius 3 is 2.79 bits per heavy atom. The van der Waals surface area contributed by atoms with Crippen LogP contribution in [0.3, 0.4) is 0 Å². The van der Waals surface area contributed by atoms with Gasteiger partial charge in [-0.05, 0) is 49.9 Å². The molecule has 0 unspecified atom stereocenters. The number of rotatable bonds is 8. The molecule has 4 rings (SSSR count). The molecule has 3 heterocycles. The van der Waals surface area contributed by atoms with Crippen LogP contribution in [0.4, 0.5) is 5.69 Å². The van der Waals surface area contributed by atoms with Crippen LogP contribution in [0, 0.1) is 0 Å². The minimum Gasteiger partial charge on any atom is -0.368 e. The number of fused-ring (bicyclic) bond motifs is 1. The second kappa shape index (κ2) is 9.69. The third-order valence-corrected chi connectivity index (χ3v) is 7.13. The maximum absolute atomic E-state index is 12.4. The summed E-state index contributed by atoms with van der Waals surface area (Å²) in [5, 5.41) is 5.40. The zero-order valence-corrected chi connectivity index (χ0v) is 18.6. The predicted molar refractivity (Wildman–Crippen MR) is 123 cm³/mol. The number of aromatic nitrogens is 1. The lowest BCUT2D eigenvalue weighted by atomic mass is 10.1. The van der Waals surface area contributed by atoms with E-state index >= 15 is 0 Å². The molecule has 1 aromatic carbocycles. The molecule has 2 aromatic heterocycles. The zero-order valence-electron chi connectivity index (χ0n) is 16.9. The summed E-state index contributed by atoms with van der Waals surface area (Å²) in [6.45, 7) is 9.08. The Morgan fingerprint density at radius 2 is 2.03 bits per heavy atom. The van der Waals surface area contributed by atoms with Crippen molar-refractivity contribution in [1.82, 2.24) is 14.8 Å². The summed E-state index contributed by atoms with van der Waals surface area (Å²) < 4.78 is 1.37. The maximum atomic E-state index is 12.4. The molecule has 0 radical (unpaired) electrons. The van der Waals surface area contributed by atoms with Gasteiger partial charge in [0.05, 0.1) is 5.51 Å². The van der Waals surface area contributed by atoms with Crippen LogP contribution in [0.2, 0.25) is 0 Å². The summed E-state index contributed by atoms with van der Waals surface area (Å²) >= 11 is 3.29. The SMILES string of the molecule is CCN(CCCCN1CCN(c2cccc3sccc23)CC1)C(=O)c1cscn1. The number of amides is 1. The molecule has 5 nitrogen and oxygen atoms in total. The first kappa shape index (κ1) is 20.3. The summed E-state index contributed by atoms with van der Waals surface area (Å²) in [7, 11) is 0. The monoisotopic (exact) mass is 428 g/mol. The predicted octanol–water partition coefficient (Wildman–Crippen LogP) is 4.42. The minimum absolute atomic E-state index is 0.0602. The van der Waals surface area contributed by atoms with Gasteiger partial charge in [0.25, 0.3) is 5.91 Å². The Kier molecular flexibility index (Phi) is 6.79. The highest BCUT2D eigenvalue weighted by molar-refractivity contribution is 7.17. The van der Waals surface area contributed by atoms with E-state index in [4.69, 9.17) is 0 Å². The van der Waals surface area contributed by atoms with Crippen LogP contribution >= 0.6 is 22.7 Å². The van der Waals surface area contributed by atoms with Gasteiger partial charge in [0, 0.05) is 60.4 Å². The molecule has 1 amide bonds. The molecule has 0 N–H and O–H groups in total. The Hall–Kier alpha value is -1.96. The lowest BCUT2D eigenvalue weighted by molar-refractivity contribution is 0.0755. The van der Waals surface area contributed by atoms with E-state index in [1.807, 2.05) is 28.5 Å². The van der Waals surface area contributed by atoms with E-state index in [0.29, 0.717) is 5.69 Å². The van der Waals surface area contributed by atoms with Crippen molar-refractivity contribution < 1.29 is 4.79 Å². The van der Waals surface area contributed by atoms with Crippen molar-refractivity contribution in [2.45, 2.75) is 19.8 Å². The highest BCUT2D eigenvalue weighted by atomic mass is 32.1. The number of carbonyl (C=O) groups is 1. The molecule has 0 bridgehead atoms.